The number of aliphatic hydroxyl groups is 1. The van der Waals surface area contributed by atoms with Crippen molar-refractivity contribution in [1.82, 2.24) is 19.4 Å². The molecule has 1 aromatic carbocycles. The number of alkyl halides is 3. The van der Waals surface area contributed by atoms with Crippen LogP contribution in [0.4, 0.5) is 17.6 Å². The number of imidazole rings is 1. The standard InChI is InChI=1S/C26H28F4N5O3/c1-14(2)16-11-19(15-6-7-17(18(27)10-15)26(28,29)30)31-34-12-20-22(36)33-9-8-32(23(37)24(3,4)38)13-25(33,5)35(20)21(16)34/h6-7,10-12,14,38H,8-9,13H2,1-5H3/q+1. The summed E-state index contributed by atoms with van der Waals surface area (Å²) in [6, 6.07) is 4.36. The molecule has 202 valence electrons. The van der Waals surface area contributed by atoms with Gasteiger partial charge in [0.1, 0.15) is 17.1 Å². The molecule has 2 aromatic heterocycles. The summed E-state index contributed by atoms with van der Waals surface area (Å²) >= 11 is 0. The lowest BCUT2D eigenvalue weighted by atomic mass is 10.00. The van der Waals surface area contributed by atoms with E-state index in [2.05, 4.69) is 5.10 Å². The number of nitrogens with zero attached hydrogens (tertiary/aromatic N) is 5. The molecule has 2 amide bonds. The summed E-state index contributed by atoms with van der Waals surface area (Å²) in [6.45, 7) is 9.22. The Balaban J connectivity index is 1.66. The smallest absolute Gasteiger partial charge is 0.381 e. The fourth-order valence-corrected chi connectivity index (χ4v) is 5.45. The SMILES string of the molecule is CC(C)c1cc(-c2ccc(C(F)(F)F)c(F)c2)nn2cc3[n+](c12)C1(C)CN(C(=O)C(C)(C)O)CCN1C3=O. The first kappa shape index (κ1) is 26.1. The van der Waals surface area contributed by atoms with Gasteiger partial charge in [-0.1, -0.05) is 29.5 Å². The molecular formula is C26H28F4N5O3+. The number of carbonyl (C=O) groups excluding carboxylic acids is 2. The predicted molar refractivity (Wildman–Crippen MR) is 127 cm³/mol. The van der Waals surface area contributed by atoms with Crippen LogP contribution in [0.3, 0.4) is 0 Å². The molecule has 1 unspecified atom stereocenters. The molecule has 5 rings (SSSR count). The number of rotatable bonds is 3. The van der Waals surface area contributed by atoms with Gasteiger partial charge in [-0.25, -0.2) is 4.39 Å². The average Bonchev–Trinajstić information content (AvgIpc) is 3.29. The zero-order valence-corrected chi connectivity index (χ0v) is 21.6. The Morgan fingerprint density at radius 1 is 1.18 bits per heavy atom. The van der Waals surface area contributed by atoms with E-state index < -0.39 is 34.7 Å². The van der Waals surface area contributed by atoms with E-state index in [1.54, 1.807) is 17.2 Å². The number of aromatic nitrogens is 3. The van der Waals surface area contributed by atoms with Crippen LogP contribution in [-0.4, -0.2) is 61.6 Å². The lowest BCUT2D eigenvalue weighted by Gasteiger charge is -2.43. The summed E-state index contributed by atoms with van der Waals surface area (Å²) in [7, 11) is 0. The van der Waals surface area contributed by atoms with Gasteiger partial charge in [-0.05, 0) is 38.0 Å². The summed E-state index contributed by atoms with van der Waals surface area (Å²) in [6.07, 6.45) is -3.26. The van der Waals surface area contributed by atoms with Crippen LogP contribution in [0.5, 0.6) is 0 Å². The number of benzene rings is 1. The largest absolute Gasteiger partial charge is 0.419 e. The maximum Gasteiger partial charge on any atom is 0.419 e. The van der Waals surface area contributed by atoms with Gasteiger partial charge in [0.2, 0.25) is 11.4 Å². The number of carbonyl (C=O) groups is 2. The normalized spacial score (nSPS) is 19.9. The van der Waals surface area contributed by atoms with Crippen molar-refractivity contribution in [2.45, 2.75) is 58.0 Å². The van der Waals surface area contributed by atoms with Crippen LogP contribution in [0.2, 0.25) is 0 Å². The van der Waals surface area contributed by atoms with Gasteiger partial charge < -0.3 is 10.0 Å². The molecule has 1 atom stereocenters. The third-order valence-corrected chi connectivity index (χ3v) is 7.29. The number of halogens is 4. The van der Waals surface area contributed by atoms with Crippen molar-refractivity contribution in [3.8, 4) is 11.3 Å². The first-order valence-electron chi connectivity index (χ1n) is 12.2. The fourth-order valence-electron chi connectivity index (χ4n) is 5.45. The van der Waals surface area contributed by atoms with Gasteiger partial charge in [-0.3, -0.25) is 14.5 Å². The van der Waals surface area contributed by atoms with Crippen molar-refractivity contribution in [2.24, 2.45) is 0 Å². The minimum Gasteiger partial charge on any atom is -0.381 e. The molecule has 12 heteroatoms. The second-order valence-corrected chi connectivity index (χ2v) is 10.9. The summed E-state index contributed by atoms with van der Waals surface area (Å²) in [5.74, 6) is -2.19. The zero-order valence-electron chi connectivity index (χ0n) is 21.6. The highest BCUT2D eigenvalue weighted by Crippen LogP contribution is 2.36. The Kier molecular flexibility index (Phi) is 5.65. The van der Waals surface area contributed by atoms with Crippen LogP contribution in [-0.2, 0) is 16.6 Å². The van der Waals surface area contributed by atoms with Gasteiger partial charge in [-0.15, -0.1) is 0 Å². The Morgan fingerprint density at radius 3 is 2.45 bits per heavy atom. The van der Waals surface area contributed by atoms with Gasteiger partial charge in [0.25, 0.3) is 5.91 Å². The molecule has 0 aliphatic carbocycles. The highest BCUT2D eigenvalue weighted by Gasteiger charge is 2.57. The Hall–Kier alpha value is -3.54. The molecule has 1 fully saturated rings. The van der Waals surface area contributed by atoms with Gasteiger partial charge in [-0.2, -0.15) is 17.7 Å². The average molecular weight is 535 g/mol. The molecule has 1 saturated heterocycles. The number of piperazine rings is 1. The van der Waals surface area contributed by atoms with Crippen LogP contribution < -0.4 is 4.57 Å². The Labute approximate surface area is 216 Å². The minimum absolute atomic E-state index is 0.101. The van der Waals surface area contributed by atoms with E-state index >= 15 is 0 Å². The van der Waals surface area contributed by atoms with E-state index in [-0.39, 0.29) is 42.7 Å². The van der Waals surface area contributed by atoms with Gasteiger partial charge in [0.15, 0.2) is 6.20 Å². The van der Waals surface area contributed by atoms with Crippen LogP contribution in [0.1, 0.15) is 62.2 Å². The predicted octanol–water partition coefficient (Wildman–Crippen LogP) is 3.31. The number of fused-ring (bicyclic) bond motifs is 5. The first-order valence-corrected chi connectivity index (χ1v) is 12.2. The Morgan fingerprint density at radius 2 is 1.87 bits per heavy atom. The van der Waals surface area contributed by atoms with Crippen molar-refractivity contribution < 1.29 is 36.8 Å². The first-order chi connectivity index (χ1) is 17.5. The van der Waals surface area contributed by atoms with Crippen molar-refractivity contribution >= 4 is 17.5 Å². The molecule has 1 N–H and O–H groups in total. The second kappa shape index (κ2) is 8.23. The maximum absolute atomic E-state index is 14.4. The molecule has 0 radical (unpaired) electrons. The van der Waals surface area contributed by atoms with Crippen LogP contribution in [0.15, 0.2) is 30.5 Å². The summed E-state index contributed by atoms with van der Waals surface area (Å²) in [4.78, 5) is 29.6. The number of hydrogen-bond donors (Lipinski definition) is 1. The summed E-state index contributed by atoms with van der Waals surface area (Å²) in [5, 5.41) is 14.8. The summed E-state index contributed by atoms with van der Waals surface area (Å²) in [5.41, 5.74) is -1.82. The molecular weight excluding hydrogens is 506 g/mol. The lowest BCUT2D eigenvalue weighted by Crippen LogP contribution is -2.70. The quantitative estimate of drug-likeness (QED) is 0.413. The molecule has 38 heavy (non-hydrogen) atoms. The third-order valence-electron chi connectivity index (χ3n) is 7.29. The number of amides is 2. The monoisotopic (exact) mass is 534 g/mol. The van der Waals surface area contributed by atoms with Crippen LogP contribution >= 0.6 is 0 Å². The fraction of sp³-hybridized carbons (Fsp3) is 0.462. The van der Waals surface area contributed by atoms with Crippen LogP contribution in [0.25, 0.3) is 16.9 Å². The molecule has 2 aliphatic rings. The molecule has 0 spiro atoms. The molecule has 8 nitrogen and oxygen atoms in total. The molecule has 0 bridgehead atoms. The topological polar surface area (TPSA) is 82.0 Å². The minimum atomic E-state index is -4.82. The van der Waals surface area contributed by atoms with Crippen molar-refractivity contribution in [3.63, 3.8) is 0 Å². The zero-order chi connectivity index (χ0) is 27.9. The van der Waals surface area contributed by atoms with Crippen LogP contribution in [0, 0.1) is 5.82 Å². The highest BCUT2D eigenvalue weighted by molar-refractivity contribution is 5.93. The summed E-state index contributed by atoms with van der Waals surface area (Å²) < 4.78 is 56.9. The van der Waals surface area contributed by atoms with E-state index in [0.717, 1.165) is 11.6 Å². The van der Waals surface area contributed by atoms with E-state index in [4.69, 9.17) is 0 Å². The molecule has 2 aliphatic heterocycles. The lowest BCUT2D eigenvalue weighted by molar-refractivity contribution is -0.749. The molecule has 3 aromatic rings. The van der Waals surface area contributed by atoms with Crippen molar-refractivity contribution in [2.75, 3.05) is 19.6 Å². The molecule has 4 heterocycles. The highest BCUT2D eigenvalue weighted by atomic mass is 19.4. The van der Waals surface area contributed by atoms with Gasteiger partial charge >= 0.3 is 17.7 Å². The van der Waals surface area contributed by atoms with Crippen molar-refractivity contribution in [1.29, 1.82) is 0 Å². The number of hydrogen-bond acceptors (Lipinski definition) is 4. The second-order valence-electron chi connectivity index (χ2n) is 10.9. The van der Waals surface area contributed by atoms with Crippen molar-refractivity contribution in [3.05, 3.63) is 53.1 Å². The van der Waals surface area contributed by atoms with E-state index in [9.17, 15) is 32.3 Å². The third kappa shape index (κ3) is 3.84. The van der Waals surface area contributed by atoms with E-state index in [1.807, 2.05) is 25.3 Å². The Bertz CT molecular complexity index is 1490. The van der Waals surface area contributed by atoms with E-state index in [1.165, 1.54) is 29.3 Å². The van der Waals surface area contributed by atoms with Gasteiger partial charge in [0.05, 0.1) is 12.1 Å². The molecule has 0 saturated carbocycles. The van der Waals surface area contributed by atoms with E-state index in [0.29, 0.717) is 17.4 Å². The maximum atomic E-state index is 14.4. The van der Waals surface area contributed by atoms with Gasteiger partial charge in [0, 0.05) is 31.1 Å².